The van der Waals surface area contributed by atoms with Crippen LogP contribution in [0.2, 0.25) is 0 Å². The second-order valence-electron chi connectivity index (χ2n) is 11.5. The minimum Gasteiger partial charge on any atom is -0.507 e. The van der Waals surface area contributed by atoms with E-state index < -0.39 is 69.9 Å². The molecule has 0 aromatic heterocycles. The fraction of sp³-hybridized carbons (Fsp3) is 0.577. The van der Waals surface area contributed by atoms with E-state index in [2.05, 4.69) is 10.2 Å². The summed E-state index contributed by atoms with van der Waals surface area (Å²) in [6, 6.07) is 1.86. The van der Waals surface area contributed by atoms with Gasteiger partial charge in [0.1, 0.15) is 5.75 Å². The summed E-state index contributed by atoms with van der Waals surface area (Å²) >= 11 is 0. The molecule has 198 valence electrons. The third-order valence-electron chi connectivity index (χ3n) is 7.65. The minimum absolute atomic E-state index is 0.00248. The van der Waals surface area contributed by atoms with E-state index in [1.807, 2.05) is 20.8 Å². The molecule has 0 spiro atoms. The smallest absolute Gasteiger partial charge is 0.235 e. The predicted molar refractivity (Wildman–Crippen MR) is 130 cm³/mol. The van der Waals surface area contributed by atoms with Crippen LogP contribution < -0.4 is 5.73 Å². The van der Waals surface area contributed by atoms with Crippen LogP contribution in [-0.2, 0) is 32.1 Å². The molecule has 1 amide bonds. The summed E-state index contributed by atoms with van der Waals surface area (Å²) in [5.74, 6) is -10.6. The Hall–Kier alpha value is -3.31. The van der Waals surface area contributed by atoms with Gasteiger partial charge >= 0.3 is 0 Å². The van der Waals surface area contributed by atoms with Gasteiger partial charge in [-0.15, -0.1) is 0 Å². The summed E-state index contributed by atoms with van der Waals surface area (Å²) in [4.78, 5) is 67.3. The molecule has 3 aliphatic rings. The second-order valence-corrected chi connectivity index (χ2v) is 11.5. The first-order chi connectivity index (χ1) is 17.1. The SMILES string of the molecule is CN(C)[C@@H]1C(=O)C(C(N)=O)C(=O)[C@@]2(O)C(=O)C3C(=O)c4c(O)ccc(CN=NC(C)(C)C)c4C[C@H]3C[C@@H]12. The topological polar surface area (TPSA) is 180 Å². The highest BCUT2D eigenvalue weighted by Crippen LogP contribution is 2.51. The first-order valence-corrected chi connectivity index (χ1v) is 12.2. The highest BCUT2D eigenvalue weighted by Gasteiger charge is 2.69. The lowest BCUT2D eigenvalue weighted by atomic mass is 9.52. The van der Waals surface area contributed by atoms with Crippen LogP contribution in [0.4, 0.5) is 0 Å². The van der Waals surface area contributed by atoms with Gasteiger partial charge in [0.15, 0.2) is 34.7 Å². The van der Waals surface area contributed by atoms with Crippen LogP contribution in [0.25, 0.3) is 0 Å². The molecule has 2 saturated carbocycles. The number of primary amides is 1. The van der Waals surface area contributed by atoms with E-state index in [0.717, 1.165) is 0 Å². The number of rotatable bonds is 4. The first kappa shape index (κ1) is 26.7. The normalized spacial score (nSPS) is 31.9. The van der Waals surface area contributed by atoms with Gasteiger partial charge in [-0.2, -0.15) is 10.2 Å². The number of fused-ring (bicyclic) bond motifs is 3. The Kier molecular flexibility index (Phi) is 6.44. The van der Waals surface area contributed by atoms with Crippen molar-refractivity contribution in [3.63, 3.8) is 0 Å². The van der Waals surface area contributed by atoms with E-state index in [9.17, 15) is 34.2 Å². The average molecular weight is 513 g/mol. The van der Waals surface area contributed by atoms with Gasteiger partial charge in [0, 0.05) is 5.92 Å². The Bertz CT molecular complexity index is 1250. The first-order valence-electron chi connectivity index (χ1n) is 12.2. The van der Waals surface area contributed by atoms with E-state index in [-0.39, 0.29) is 30.7 Å². The number of nitrogens with two attached hydrogens (primary N) is 1. The molecule has 6 atom stereocenters. The standard InChI is InChI=1S/C26H32N4O7/c1-25(2,3)29-28-10-11-6-7-15(31)17-13(11)8-12-9-14-19(30(4)5)21(33)18(24(27)36)23(35)26(14,37)22(34)16(12)20(17)32/h6-7,12,14,16,18-19,31,37H,8-10H2,1-5H3,(H2,27,36)/t12-,14-,16?,18?,19-,26-/m0/s1. The number of phenolic OH excluding ortho intramolecular Hbond substituents is 1. The van der Waals surface area contributed by atoms with E-state index >= 15 is 0 Å². The zero-order chi connectivity index (χ0) is 27.6. The number of nitrogens with zero attached hydrogens (tertiary/aromatic N) is 3. The highest BCUT2D eigenvalue weighted by atomic mass is 16.3. The van der Waals surface area contributed by atoms with Gasteiger partial charge in [0.05, 0.1) is 29.6 Å². The van der Waals surface area contributed by atoms with E-state index in [0.29, 0.717) is 11.1 Å². The molecule has 2 fully saturated rings. The number of benzene rings is 1. The van der Waals surface area contributed by atoms with Gasteiger partial charge in [0.25, 0.3) is 0 Å². The summed E-state index contributed by atoms with van der Waals surface area (Å²) in [7, 11) is 3.09. The number of ketones is 4. The summed E-state index contributed by atoms with van der Waals surface area (Å²) in [5.41, 5.74) is 3.34. The van der Waals surface area contributed by atoms with Crippen LogP contribution >= 0.6 is 0 Å². The van der Waals surface area contributed by atoms with Gasteiger partial charge in [-0.3, -0.25) is 28.9 Å². The molecule has 1 aromatic rings. The van der Waals surface area contributed by atoms with Gasteiger partial charge in [0.2, 0.25) is 5.91 Å². The van der Waals surface area contributed by atoms with Crippen LogP contribution in [0.5, 0.6) is 5.75 Å². The zero-order valence-electron chi connectivity index (χ0n) is 21.5. The van der Waals surface area contributed by atoms with Crippen LogP contribution in [0.1, 0.15) is 48.7 Å². The maximum absolute atomic E-state index is 13.8. The Labute approximate surface area is 214 Å². The van der Waals surface area contributed by atoms with Crippen molar-refractivity contribution in [2.75, 3.05) is 14.1 Å². The number of aromatic hydroxyl groups is 1. The van der Waals surface area contributed by atoms with Gasteiger partial charge in [-0.05, 0) is 70.8 Å². The molecule has 11 nitrogen and oxygen atoms in total. The molecule has 3 aliphatic carbocycles. The number of hydrogen-bond donors (Lipinski definition) is 3. The molecule has 0 bridgehead atoms. The van der Waals surface area contributed by atoms with Crippen molar-refractivity contribution in [2.45, 2.75) is 57.3 Å². The van der Waals surface area contributed by atoms with Crippen LogP contribution in [-0.4, -0.2) is 75.4 Å². The molecule has 0 heterocycles. The fourth-order valence-corrected chi connectivity index (χ4v) is 6.14. The molecule has 1 aromatic carbocycles. The number of carbonyl (C=O) groups is 5. The summed E-state index contributed by atoms with van der Waals surface area (Å²) < 4.78 is 0. The maximum Gasteiger partial charge on any atom is 0.235 e. The maximum atomic E-state index is 13.8. The summed E-state index contributed by atoms with van der Waals surface area (Å²) in [5, 5.41) is 30.6. The number of carbonyl (C=O) groups excluding carboxylic acids is 5. The van der Waals surface area contributed by atoms with Crippen LogP contribution in [0.15, 0.2) is 22.4 Å². The molecule has 37 heavy (non-hydrogen) atoms. The lowest BCUT2D eigenvalue weighted by Gasteiger charge is -2.52. The fourth-order valence-electron chi connectivity index (χ4n) is 6.14. The Morgan fingerprint density at radius 2 is 1.81 bits per heavy atom. The molecule has 4 rings (SSSR count). The monoisotopic (exact) mass is 512 g/mol. The van der Waals surface area contributed by atoms with Crippen molar-refractivity contribution < 1.29 is 34.2 Å². The molecular weight excluding hydrogens is 480 g/mol. The van der Waals surface area contributed by atoms with E-state index in [1.165, 1.54) is 11.0 Å². The third kappa shape index (κ3) is 4.10. The van der Waals surface area contributed by atoms with Crippen molar-refractivity contribution in [1.29, 1.82) is 0 Å². The molecule has 2 unspecified atom stereocenters. The number of Topliss-reactive ketones (excluding diaryl/α,β-unsaturated/α-hetero) is 4. The predicted octanol–water partition coefficient (Wildman–Crippen LogP) is 0.618. The minimum atomic E-state index is -2.73. The molecule has 4 N–H and O–H groups in total. The van der Waals surface area contributed by atoms with Crippen molar-refractivity contribution in [3.05, 3.63) is 28.8 Å². The number of likely N-dealkylation sites (N-methyl/N-ethyl adjacent to an activating group) is 1. The Morgan fingerprint density at radius 3 is 2.38 bits per heavy atom. The van der Waals surface area contributed by atoms with Crippen molar-refractivity contribution in [3.8, 4) is 5.75 Å². The number of aliphatic hydroxyl groups is 1. The van der Waals surface area contributed by atoms with E-state index in [1.54, 1.807) is 20.2 Å². The highest BCUT2D eigenvalue weighted by molar-refractivity contribution is 6.32. The molecule has 0 radical (unpaired) electrons. The second kappa shape index (κ2) is 8.91. The molecular formula is C26H32N4O7. The van der Waals surface area contributed by atoms with Crippen molar-refractivity contribution >= 4 is 29.0 Å². The zero-order valence-corrected chi connectivity index (χ0v) is 21.5. The third-order valence-corrected chi connectivity index (χ3v) is 7.65. The quantitative estimate of drug-likeness (QED) is 0.388. The van der Waals surface area contributed by atoms with Gasteiger partial charge in [-0.1, -0.05) is 6.07 Å². The Balaban J connectivity index is 1.81. The van der Waals surface area contributed by atoms with Gasteiger partial charge < -0.3 is 15.9 Å². The number of phenols is 1. The molecule has 11 heteroatoms. The summed E-state index contributed by atoms with van der Waals surface area (Å²) in [6.45, 7) is 5.83. The van der Waals surface area contributed by atoms with Crippen LogP contribution in [0.3, 0.4) is 0 Å². The number of azo groups is 1. The number of amides is 1. The average Bonchev–Trinajstić information content (AvgIpc) is 2.76. The summed E-state index contributed by atoms with van der Waals surface area (Å²) in [6.07, 6.45) is 0.198. The molecule has 0 saturated heterocycles. The lowest BCUT2D eigenvalue weighted by Crippen LogP contribution is -2.74. The van der Waals surface area contributed by atoms with Crippen molar-refractivity contribution in [1.82, 2.24) is 4.90 Å². The lowest BCUT2D eigenvalue weighted by molar-refractivity contribution is -0.181. The molecule has 0 aliphatic heterocycles. The van der Waals surface area contributed by atoms with Crippen molar-refractivity contribution in [2.24, 2.45) is 39.6 Å². The van der Waals surface area contributed by atoms with Crippen LogP contribution in [0, 0.1) is 23.7 Å². The number of hydrogen-bond acceptors (Lipinski definition) is 10. The largest absolute Gasteiger partial charge is 0.507 e. The van der Waals surface area contributed by atoms with E-state index in [4.69, 9.17) is 5.73 Å². The van der Waals surface area contributed by atoms with Gasteiger partial charge in [-0.25, -0.2) is 0 Å². The Morgan fingerprint density at radius 1 is 1.16 bits per heavy atom.